The van der Waals surface area contributed by atoms with Crippen LogP contribution in [0, 0.1) is 0 Å². The van der Waals surface area contributed by atoms with E-state index in [1.54, 1.807) is 24.9 Å². The Kier molecular flexibility index (Phi) is 6.08. The predicted octanol–water partition coefficient (Wildman–Crippen LogP) is 1.39. The number of halogens is 1. The highest BCUT2D eigenvalue weighted by molar-refractivity contribution is 6.31. The minimum Gasteiger partial charge on any atom is -0.384 e. The smallest absolute Gasteiger partial charge is 0.106 e. The van der Waals surface area contributed by atoms with Crippen LogP contribution in [0.3, 0.4) is 0 Å². The Bertz CT molecular complexity index is 366. The Hall–Kier alpha value is -0.620. The Labute approximate surface area is 113 Å². The number of aromatic nitrogens is 2. The number of hydrogen-bond acceptors (Lipinski definition) is 4. The Morgan fingerprint density at radius 2 is 2.33 bits per heavy atom. The minimum atomic E-state index is -0.997. The molecule has 0 saturated carbocycles. The topological polar surface area (TPSA) is 59.3 Å². The van der Waals surface area contributed by atoms with Crippen molar-refractivity contribution in [2.45, 2.75) is 32.4 Å². The Morgan fingerprint density at radius 1 is 1.61 bits per heavy atom. The lowest BCUT2D eigenvalue weighted by molar-refractivity contribution is 0.0372. The highest BCUT2D eigenvalue weighted by atomic mass is 35.5. The molecule has 1 heterocycles. The second-order valence-electron chi connectivity index (χ2n) is 4.43. The lowest BCUT2D eigenvalue weighted by Gasteiger charge is -2.25. The zero-order chi connectivity index (χ0) is 13.6. The highest BCUT2D eigenvalue weighted by Gasteiger charge is 2.29. The maximum absolute atomic E-state index is 10.5. The van der Waals surface area contributed by atoms with Crippen LogP contribution in [0.25, 0.3) is 0 Å². The summed E-state index contributed by atoms with van der Waals surface area (Å²) in [5.41, 5.74) is -0.345. The van der Waals surface area contributed by atoms with E-state index in [1.807, 2.05) is 6.92 Å². The molecule has 6 heteroatoms. The lowest BCUT2D eigenvalue weighted by Crippen LogP contribution is -2.31. The summed E-state index contributed by atoms with van der Waals surface area (Å²) in [4.78, 5) is 0. The zero-order valence-electron chi connectivity index (χ0n) is 11.2. The normalized spacial score (nSPS) is 14.7. The third-order valence-electron chi connectivity index (χ3n) is 2.85. The van der Waals surface area contributed by atoms with Gasteiger partial charge in [-0.05, 0) is 26.4 Å². The largest absolute Gasteiger partial charge is 0.384 e. The second kappa shape index (κ2) is 7.09. The van der Waals surface area contributed by atoms with E-state index in [0.29, 0.717) is 30.3 Å². The van der Waals surface area contributed by atoms with Crippen molar-refractivity contribution < 1.29 is 9.84 Å². The van der Waals surface area contributed by atoms with Crippen molar-refractivity contribution in [2.75, 3.05) is 26.8 Å². The molecule has 1 aromatic heterocycles. The van der Waals surface area contributed by atoms with Crippen LogP contribution in [0.2, 0.25) is 5.02 Å². The van der Waals surface area contributed by atoms with E-state index >= 15 is 0 Å². The standard InChI is InChI=1S/C12H22ClN3O2/c1-4-14-6-5-12(2,17)11-10(13)9-15-16(11)7-8-18-3/h9,14,17H,4-8H2,1-3H3. The number of nitrogens with one attached hydrogen (secondary N) is 1. The summed E-state index contributed by atoms with van der Waals surface area (Å²) >= 11 is 6.12. The van der Waals surface area contributed by atoms with Crippen LogP contribution in [0.1, 0.15) is 26.0 Å². The quantitative estimate of drug-likeness (QED) is 0.704. The van der Waals surface area contributed by atoms with Gasteiger partial charge in [-0.25, -0.2) is 0 Å². The number of methoxy groups -OCH3 is 1. The van der Waals surface area contributed by atoms with Gasteiger partial charge in [0.15, 0.2) is 0 Å². The average molecular weight is 276 g/mol. The fourth-order valence-electron chi connectivity index (χ4n) is 1.87. The molecular weight excluding hydrogens is 254 g/mol. The molecule has 0 fully saturated rings. The van der Waals surface area contributed by atoms with Crippen LogP contribution >= 0.6 is 11.6 Å². The van der Waals surface area contributed by atoms with E-state index in [9.17, 15) is 5.11 Å². The minimum absolute atomic E-state index is 0.493. The molecule has 0 amide bonds. The number of rotatable bonds is 8. The van der Waals surface area contributed by atoms with Crippen molar-refractivity contribution in [1.29, 1.82) is 0 Å². The van der Waals surface area contributed by atoms with Gasteiger partial charge in [0.05, 0.1) is 30.1 Å². The van der Waals surface area contributed by atoms with Gasteiger partial charge in [-0.15, -0.1) is 0 Å². The summed E-state index contributed by atoms with van der Waals surface area (Å²) in [6, 6.07) is 0. The molecule has 1 rings (SSSR count). The number of hydrogen-bond donors (Lipinski definition) is 2. The number of ether oxygens (including phenoxy) is 1. The second-order valence-corrected chi connectivity index (χ2v) is 4.84. The van der Waals surface area contributed by atoms with Crippen molar-refractivity contribution in [3.63, 3.8) is 0 Å². The zero-order valence-corrected chi connectivity index (χ0v) is 12.0. The molecule has 104 valence electrons. The molecule has 18 heavy (non-hydrogen) atoms. The molecule has 0 spiro atoms. The molecular formula is C12H22ClN3O2. The van der Waals surface area contributed by atoms with Crippen LogP contribution < -0.4 is 5.32 Å². The van der Waals surface area contributed by atoms with E-state index in [-0.39, 0.29) is 0 Å². The van der Waals surface area contributed by atoms with Gasteiger partial charge >= 0.3 is 0 Å². The van der Waals surface area contributed by atoms with E-state index in [4.69, 9.17) is 16.3 Å². The van der Waals surface area contributed by atoms with E-state index in [2.05, 4.69) is 10.4 Å². The molecule has 5 nitrogen and oxygen atoms in total. The Morgan fingerprint density at radius 3 is 2.94 bits per heavy atom. The van der Waals surface area contributed by atoms with E-state index < -0.39 is 5.60 Å². The summed E-state index contributed by atoms with van der Waals surface area (Å²) in [7, 11) is 1.63. The summed E-state index contributed by atoms with van der Waals surface area (Å²) in [6.07, 6.45) is 2.15. The van der Waals surface area contributed by atoms with Gasteiger partial charge in [0, 0.05) is 7.11 Å². The molecule has 0 aliphatic heterocycles. The van der Waals surface area contributed by atoms with Crippen molar-refractivity contribution in [3.05, 3.63) is 16.9 Å². The highest BCUT2D eigenvalue weighted by Crippen LogP contribution is 2.30. The first kappa shape index (κ1) is 15.4. The molecule has 1 unspecified atom stereocenters. The Balaban J connectivity index is 2.81. The molecule has 0 bridgehead atoms. The van der Waals surface area contributed by atoms with Gasteiger partial charge in [0.1, 0.15) is 5.60 Å². The summed E-state index contributed by atoms with van der Waals surface area (Å²) in [6.45, 7) is 6.52. The van der Waals surface area contributed by atoms with Crippen LogP contribution in [-0.4, -0.2) is 41.7 Å². The lowest BCUT2D eigenvalue weighted by atomic mass is 9.98. The first-order chi connectivity index (χ1) is 8.53. The van der Waals surface area contributed by atoms with Gasteiger partial charge in [-0.1, -0.05) is 18.5 Å². The first-order valence-corrected chi connectivity index (χ1v) is 6.54. The fraction of sp³-hybridized carbons (Fsp3) is 0.750. The van der Waals surface area contributed by atoms with Gasteiger partial charge in [-0.2, -0.15) is 5.10 Å². The number of nitrogens with zero attached hydrogens (tertiary/aromatic N) is 2. The molecule has 1 atom stereocenters. The summed E-state index contributed by atoms with van der Waals surface area (Å²) in [5.74, 6) is 0. The average Bonchev–Trinajstić information content (AvgIpc) is 2.68. The fourth-order valence-corrected chi connectivity index (χ4v) is 2.22. The van der Waals surface area contributed by atoms with Crippen LogP contribution in [-0.2, 0) is 16.9 Å². The van der Waals surface area contributed by atoms with Gasteiger partial charge < -0.3 is 15.2 Å². The third kappa shape index (κ3) is 3.95. The molecule has 0 aromatic carbocycles. The van der Waals surface area contributed by atoms with E-state index in [1.165, 1.54) is 0 Å². The monoisotopic (exact) mass is 275 g/mol. The first-order valence-electron chi connectivity index (χ1n) is 6.16. The van der Waals surface area contributed by atoms with Crippen molar-refractivity contribution in [1.82, 2.24) is 15.1 Å². The van der Waals surface area contributed by atoms with Crippen molar-refractivity contribution in [2.24, 2.45) is 0 Å². The summed E-state index contributed by atoms with van der Waals surface area (Å²) < 4.78 is 6.73. The molecule has 0 radical (unpaired) electrons. The molecule has 0 aliphatic rings. The molecule has 1 aromatic rings. The molecule has 2 N–H and O–H groups in total. The van der Waals surface area contributed by atoms with Gasteiger partial charge in [0.25, 0.3) is 0 Å². The maximum atomic E-state index is 10.5. The van der Waals surface area contributed by atoms with Gasteiger partial charge in [-0.3, -0.25) is 4.68 Å². The third-order valence-corrected chi connectivity index (χ3v) is 3.13. The van der Waals surface area contributed by atoms with Gasteiger partial charge in [0.2, 0.25) is 0 Å². The van der Waals surface area contributed by atoms with Crippen molar-refractivity contribution >= 4 is 11.6 Å². The maximum Gasteiger partial charge on any atom is 0.106 e. The van der Waals surface area contributed by atoms with Crippen LogP contribution in [0.5, 0.6) is 0 Å². The molecule has 0 saturated heterocycles. The predicted molar refractivity (Wildman–Crippen MR) is 71.8 cm³/mol. The van der Waals surface area contributed by atoms with E-state index in [0.717, 1.165) is 13.1 Å². The molecule has 0 aliphatic carbocycles. The summed E-state index contributed by atoms with van der Waals surface area (Å²) in [5, 5.41) is 18.4. The number of aliphatic hydroxyl groups is 1. The SMILES string of the molecule is CCNCCC(C)(O)c1c(Cl)cnn1CCOC. The van der Waals surface area contributed by atoms with Crippen LogP contribution in [0.15, 0.2) is 6.20 Å². The van der Waals surface area contributed by atoms with Crippen LogP contribution in [0.4, 0.5) is 0 Å². The van der Waals surface area contributed by atoms with Crippen molar-refractivity contribution in [3.8, 4) is 0 Å².